The van der Waals surface area contributed by atoms with Gasteiger partial charge in [0.2, 0.25) is 6.79 Å². The summed E-state index contributed by atoms with van der Waals surface area (Å²) < 4.78 is 14.6. The molecule has 0 amide bonds. The van der Waals surface area contributed by atoms with Crippen LogP contribution in [-0.2, 0) is 25.7 Å². The van der Waals surface area contributed by atoms with E-state index < -0.39 is 24.7 Å². The predicted octanol–water partition coefficient (Wildman–Crippen LogP) is 2.18. The quantitative estimate of drug-likeness (QED) is 0.224. The van der Waals surface area contributed by atoms with Crippen LogP contribution >= 0.6 is 0 Å². The second-order valence-corrected chi connectivity index (χ2v) is 4.93. The van der Waals surface area contributed by atoms with Crippen molar-refractivity contribution in [2.24, 2.45) is 5.34 Å². The van der Waals surface area contributed by atoms with E-state index in [2.05, 4.69) is 15.2 Å². The van der Waals surface area contributed by atoms with E-state index in [9.17, 15) is 19.3 Å². The lowest BCUT2D eigenvalue weighted by molar-refractivity contribution is -0.131. The molecule has 0 unspecified atom stereocenters. The Kier molecular flexibility index (Phi) is 6.94. The first-order chi connectivity index (χ1) is 13.0. The van der Waals surface area contributed by atoms with Crippen molar-refractivity contribution >= 4 is 17.9 Å². The van der Waals surface area contributed by atoms with E-state index in [1.165, 1.54) is 37.3 Å². The smallest absolute Gasteiger partial charge is 0.359 e. The Balaban J connectivity index is 1.92. The summed E-state index contributed by atoms with van der Waals surface area (Å²) in [5.41, 5.74) is 0.220. The van der Waals surface area contributed by atoms with Crippen LogP contribution in [0.25, 0.3) is 0 Å². The normalized spacial score (nSPS) is 9.81. The van der Waals surface area contributed by atoms with Gasteiger partial charge >= 0.3 is 17.9 Å². The van der Waals surface area contributed by atoms with Crippen LogP contribution in [0.15, 0.2) is 47.8 Å². The molecule has 1 aromatic heterocycles. The van der Waals surface area contributed by atoms with E-state index in [1.54, 1.807) is 12.1 Å². The summed E-state index contributed by atoms with van der Waals surface area (Å²) in [5.74, 6) is -2.26. The number of benzene rings is 1. The number of hydrogen-bond donors (Lipinski definition) is 0. The minimum atomic E-state index is -0.850. The van der Waals surface area contributed by atoms with E-state index in [0.717, 1.165) is 0 Å². The fourth-order valence-corrected chi connectivity index (χ4v) is 1.93. The summed E-state index contributed by atoms with van der Waals surface area (Å²) in [6.07, 6.45) is 0. The van der Waals surface area contributed by atoms with Crippen LogP contribution in [0, 0.1) is 4.91 Å². The van der Waals surface area contributed by atoms with E-state index in [4.69, 9.17) is 14.2 Å². The maximum absolute atomic E-state index is 12.1. The number of rotatable bonds is 8. The van der Waals surface area contributed by atoms with E-state index in [0.29, 0.717) is 0 Å². The molecule has 2 rings (SSSR count). The molecular formula is C17H14N2O8. The van der Waals surface area contributed by atoms with Crippen molar-refractivity contribution in [1.29, 1.82) is 0 Å². The molecule has 0 N–H and O–H groups in total. The molecular weight excluding hydrogens is 360 g/mol. The molecule has 1 heterocycles. The third kappa shape index (κ3) is 5.88. The number of ether oxygens (including phenoxy) is 3. The SMILES string of the molecule is CC(=O)Oc1ccccc1C(=O)OCOC(=O)c1cccc(CON=O)n1. The molecule has 140 valence electrons. The monoisotopic (exact) mass is 374 g/mol. The minimum Gasteiger partial charge on any atom is -0.426 e. The molecule has 0 atom stereocenters. The van der Waals surface area contributed by atoms with Gasteiger partial charge in [-0.1, -0.05) is 18.2 Å². The second kappa shape index (κ2) is 9.61. The van der Waals surface area contributed by atoms with Crippen molar-refractivity contribution in [3.05, 3.63) is 64.3 Å². The molecule has 2 aromatic rings. The van der Waals surface area contributed by atoms with Crippen LogP contribution in [-0.4, -0.2) is 29.7 Å². The summed E-state index contributed by atoms with van der Waals surface area (Å²) in [6, 6.07) is 10.4. The first-order valence-corrected chi connectivity index (χ1v) is 7.53. The van der Waals surface area contributed by atoms with E-state index >= 15 is 0 Å². The van der Waals surface area contributed by atoms with Gasteiger partial charge in [0.05, 0.1) is 5.69 Å². The first-order valence-electron chi connectivity index (χ1n) is 7.53. The third-order valence-electron chi connectivity index (χ3n) is 3.02. The standard InChI is InChI=1S/C17H14N2O8/c1-11(20)27-15-8-3-2-6-13(15)16(21)24-10-25-17(22)14-7-4-5-12(18-14)9-26-19-23/h2-8H,9-10H2,1H3. The Morgan fingerprint density at radius 3 is 2.48 bits per heavy atom. The van der Waals surface area contributed by atoms with Crippen molar-refractivity contribution in [1.82, 2.24) is 4.98 Å². The summed E-state index contributed by atoms with van der Waals surface area (Å²) in [6.45, 7) is 0.318. The first kappa shape index (κ1) is 19.5. The minimum absolute atomic E-state index is 0.00221. The number of aromatic nitrogens is 1. The molecule has 0 spiro atoms. The molecule has 0 saturated carbocycles. The number of para-hydroxylation sites is 1. The van der Waals surface area contributed by atoms with Gasteiger partial charge in [-0.05, 0) is 24.3 Å². The lowest BCUT2D eigenvalue weighted by Gasteiger charge is -2.09. The zero-order chi connectivity index (χ0) is 19.6. The average molecular weight is 374 g/mol. The Labute approximate surface area is 152 Å². The number of pyridine rings is 1. The average Bonchev–Trinajstić information content (AvgIpc) is 2.66. The van der Waals surface area contributed by atoms with Gasteiger partial charge < -0.3 is 19.0 Å². The highest BCUT2D eigenvalue weighted by Gasteiger charge is 2.16. The lowest BCUT2D eigenvalue weighted by Crippen LogP contribution is -2.15. The zero-order valence-corrected chi connectivity index (χ0v) is 14.1. The predicted molar refractivity (Wildman–Crippen MR) is 88.3 cm³/mol. The molecule has 0 fully saturated rings. The molecule has 10 nitrogen and oxygen atoms in total. The lowest BCUT2D eigenvalue weighted by atomic mass is 10.2. The van der Waals surface area contributed by atoms with Crippen molar-refractivity contribution in [2.75, 3.05) is 6.79 Å². The number of carbonyl (C=O) groups is 3. The number of esters is 3. The van der Waals surface area contributed by atoms with Gasteiger partial charge in [-0.2, -0.15) is 0 Å². The number of nitrogens with zero attached hydrogens (tertiary/aromatic N) is 2. The second-order valence-electron chi connectivity index (χ2n) is 4.93. The highest BCUT2D eigenvalue weighted by atomic mass is 16.7. The number of carbonyl (C=O) groups excluding carboxylic acids is 3. The summed E-state index contributed by atoms with van der Waals surface area (Å²) in [7, 11) is 0. The highest BCUT2D eigenvalue weighted by molar-refractivity contribution is 5.93. The van der Waals surface area contributed by atoms with E-state index in [-0.39, 0.29) is 29.3 Å². The van der Waals surface area contributed by atoms with Crippen molar-refractivity contribution in [3.63, 3.8) is 0 Å². The van der Waals surface area contributed by atoms with Gasteiger partial charge in [-0.3, -0.25) is 4.79 Å². The maximum atomic E-state index is 12.1. The Bertz CT molecular complexity index is 852. The van der Waals surface area contributed by atoms with Crippen LogP contribution < -0.4 is 4.74 Å². The molecule has 0 radical (unpaired) electrons. The van der Waals surface area contributed by atoms with Gasteiger partial charge in [-0.25, -0.2) is 14.6 Å². The van der Waals surface area contributed by atoms with Crippen LogP contribution in [0.4, 0.5) is 0 Å². The van der Waals surface area contributed by atoms with Crippen LogP contribution in [0.3, 0.4) is 0 Å². The molecule has 0 aliphatic heterocycles. The summed E-state index contributed by atoms with van der Waals surface area (Å²) in [5, 5.41) is 2.23. The van der Waals surface area contributed by atoms with Gasteiger partial charge in [-0.15, -0.1) is 4.91 Å². The van der Waals surface area contributed by atoms with Gasteiger partial charge in [0.15, 0.2) is 11.9 Å². The third-order valence-corrected chi connectivity index (χ3v) is 3.02. The number of hydrogen-bond acceptors (Lipinski definition) is 10. The van der Waals surface area contributed by atoms with Crippen molar-refractivity contribution in [2.45, 2.75) is 13.5 Å². The van der Waals surface area contributed by atoms with Crippen molar-refractivity contribution < 1.29 is 33.4 Å². The highest BCUT2D eigenvalue weighted by Crippen LogP contribution is 2.19. The fraction of sp³-hybridized carbons (Fsp3) is 0.176. The zero-order valence-electron chi connectivity index (χ0n) is 14.1. The van der Waals surface area contributed by atoms with Crippen LogP contribution in [0.1, 0.15) is 33.5 Å². The molecule has 0 aliphatic rings. The van der Waals surface area contributed by atoms with Gasteiger partial charge in [0.25, 0.3) is 0 Å². The Morgan fingerprint density at radius 2 is 1.74 bits per heavy atom. The maximum Gasteiger partial charge on any atom is 0.359 e. The molecule has 27 heavy (non-hydrogen) atoms. The van der Waals surface area contributed by atoms with Crippen LogP contribution in [0.2, 0.25) is 0 Å². The topological polar surface area (TPSA) is 130 Å². The largest absolute Gasteiger partial charge is 0.426 e. The van der Waals surface area contributed by atoms with Crippen molar-refractivity contribution in [3.8, 4) is 5.75 Å². The summed E-state index contributed by atoms with van der Waals surface area (Å²) >= 11 is 0. The fourth-order valence-electron chi connectivity index (χ4n) is 1.93. The van der Waals surface area contributed by atoms with Gasteiger partial charge in [0, 0.05) is 6.92 Å². The molecule has 0 bridgehead atoms. The van der Waals surface area contributed by atoms with Gasteiger partial charge in [0.1, 0.15) is 17.0 Å². The van der Waals surface area contributed by atoms with E-state index in [1.807, 2.05) is 0 Å². The summed E-state index contributed by atoms with van der Waals surface area (Å²) in [4.78, 5) is 53.2. The Morgan fingerprint density at radius 1 is 1.00 bits per heavy atom. The van der Waals surface area contributed by atoms with Crippen LogP contribution in [0.5, 0.6) is 5.75 Å². The Hall–Kier alpha value is -3.82. The molecule has 10 heteroatoms. The molecule has 0 saturated heterocycles. The molecule has 0 aliphatic carbocycles. The molecule has 1 aromatic carbocycles.